The van der Waals surface area contributed by atoms with Gasteiger partial charge in [0.15, 0.2) is 0 Å². The van der Waals surface area contributed by atoms with Crippen molar-refractivity contribution in [2.24, 2.45) is 5.92 Å². The zero-order valence-corrected chi connectivity index (χ0v) is 18.6. The second-order valence-electron chi connectivity index (χ2n) is 6.95. The van der Waals surface area contributed by atoms with Crippen LogP contribution in [0.4, 0.5) is 4.79 Å². The summed E-state index contributed by atoms with van der Waals surface area (Å²) in [5.41, 5.74) is 1.78. The molecule has 1 amide bonds. The quantitative estimate of drug-likeness (QED) is 0.188. The Labute approximate surface area is 184 Å². The molecule has 166 valence electrons. The molecule has 0 spiro atoms. The highest BCUT2D eigenvalue weighted by Crippen LogP contribution is 2.15. The van der Waals surface area contributed by atoms with Crippen LogP contribution in [-0.4, -0.2) is 31.3 Å². The summed E-state index contributed by atoms with van der Waals surface area (Å²) in [5, 5.41) is 2.64. The molecule has 0 aliphatic carbocycles. The molecule has 30 heavy (non-hydrogen) atoms. The van der Waals surface area contributed by atoms with Gasteiger partial charge in [0, 0.05) is 12.5 Å². The van der Waals surface area contributed by atoms with Crippen molar-refractivity contribution in [2.75, 3.05) is 13.2 Å². The Kier molecular flexibility index (Phi) is 13.3. The number of ether oxygens (including phenoxy) is 2. The molecule has 2 atom stereocenters. The van der Waals surface area contributed by atoms with E-state index in [0.717, 1.165) is 24.0 Å². The zero-order chi connectivity index (χ0) is 22.2. The van der Waals surface area contributed by atoms with E-state index in [1.165, 1.54) is 0 Å². The Hall–Kier alpha value is -2.31. The number of esters is 1. The average molecular weight is 437 g/mol. The van der Waals surface area contributed by atoms with Crippen LogP contribution in [0.2, 0.25) is 0 Å². The molecule has 0 radical (unpaired) electrons. The van der Waals surface area contributed by atoms with Crippen LogP contribution >= 0.6 is 11.8 Å². The van der Waals surface area contributed by atoms with Crippen LogP contribution in [0.3, 0.4) is 0 Å². The lowest BCUT2D eigenvalue weighted by Crippen LogP contribution is -2.42. The number of carbonyl (C=O) groups is 2. The smallest absolute Gasteiger partial charge is 0.407 e. The van der Waals surface area contributed by atoms with Crippen LogP contribution in [0.15, 0.2) is 54.6 Å². The van der Waals surface area contributed by atoms with Gasteiger partial charge in [0.2, 0.25) is 0 Å². The summed E-state index contributed by atoms with van der Waals surface area (Å²) >= 11 is 5.47. The van der Waals surface area contributed by atoms with Crippen LogP contribution < -0.4 is 10.2 Å². The van der Waals surface area contributed by atoms with Gasteiger partial charge in [0.05, 0.1) is 6.61 Å². The predicted molar refractivity (Wildman–Crippen MR) is 120 cm³/mol. The van der Waals surface area contributed by atoms with Crippen molar-refractivity contribution in [2.45, 2.75) is 52.2 Å². The van der Waals surface area contributed by atoms with Crippen molar-refractivity contribution in [1.29, 1.82) is 0 Å². The number of benzene rings is 1. The third-order valence-electron chi connectivity index (χ3n) is 4.63. The molecular formula is C23H33ClN2O4. The van der Waals surface area contributed by atoms with Gasteiger partial charge in [-0.1, -0.05) is 56.0 Å². The fourth-order valence-electron chi connectivity index (χ4n) is 2.82. The van der Waals surface area contributed by atoms with Gasteiger partial charge in [-0.2, -0.15) is 0 Å². The molecule has 0 aromatic heterocycles. The summed E-state index contributed by atoms with van der Waals surface area (Å²) in [6, 6.07) is 8.61. The number of alkyl carbamates (subject to hydrolysis) is 1. The normalized spacial score (nSPS) is 12.9. The van der Waals surface area contributed by atoms with E-state index in [9.17, 15) is 9.59 Å². The Morgan fingerprint density at radius 2 is 1.93 bits per heavy atom. The van der Waals surface area contributed by atoms with E-state index in [-0.39, 0.29) is 19.1 Å². The lowest BCUT2D eigenvalue weighted by molar-refractivity contribution is -0.147. The van der Waals surface area contributed by atoms with E-state index in [1.54, 1.807) is 0 Å². The lowest BCUT2D eigenvalue weighted by atomic mass is 9.98. The second kappa shape index (κ2) is 15.5. The summed E-state index contributed by atoms with van der Waals surface area (Å²) in [7, 11) is 0. The van der Waals surface area contributed by atoms with Gasteiger partial charge in [-0.05, 0) is 55.5 Å². The lowest BCUT2D eigenvalue weighted by Gasteiger charge is -2.20. The summed E-state index contributed by atoms with van der Waals surface area (Å²) in [5.74, 6) is -0.453. The van der Waals surface area contributed by atoms with Crippen molar-refractivity contribution in [3.63, 3.8) is 0 Å². The van der Waals surface area contributed by atoms with Crippen molar-refractivity contribution in [3.8, 4) is 0 Å². The second-order valence-corrected chi connectivity index (χ2v) is 7.22. The maximum absolute atomic E-state index is 12.5. The third-order valence-corrected chi connectivity index (χ3v) is 4.82. The highest BCUT2D eigenvalue weighted by molar-refractivity contribution is 6.13. The van der Waals surface area contributed by atoms with Gasteiger partial charge in [-0.15, -0.1) is 0 Å². The number of unbranched alkanes of at least 4 members (excludes halogenated alkanes) is 1. The Morgan fingerprint density at radius 1 is 1.20 bits per heavy atom. The minimum absolute atomic E-state index is 0.0326. The van der Waals surface area contributed by atoms with E-state index in [4.69, 9.17) is 21.3 Å². The SMILES string of the molecule is C=C(C=CC)C(CC)COC(=O)NC(CCCCNCl)C(=O)OCc1ccccc1. The topological polar surface area (TPSA) is 76.7 Å². The number of halogens is 1. The summed E-state index contributed by atoms with van der Waals surface area (Å²) in [4.78, 5) is 27.4. The van der Waals surface area contributed by atoms with Crippen LogP contribution in [0.5, 0.6) is 0 Å². The average Bonchev–Trinajstić information content (AvgIpc) is 2.75. The minimum Gasteiger partial charge on any atom is -0.459 e. The summed E-state index contributed by atoms with van der Waals surface area (Å²) in [6.45, 7) is 8.89. The molecule has 0 heterocycles. The van der Waals surface area contributed by atoms with Crippen molar-refractivity contribution in [1.82, 2.24) is 10.2 Å². The molecule has 1 aromatic rings. The monoisotopic (exact) mass is 436 g/mol. The number of hydrogen-bond acceptors (Lipinski definition) is 5. The molecule has 1 aromatic carbocycles. The number of amides is 1. The maximum atomic E-state index is 12.5. The van der Waals surface area contributed by atoms with Gasteiger partial charge in [-0.3, -0.25) is 0 Å². The van der Waals surface area contributed by atoms with E-state index >= 15 is 0 Å². The van der Waals surface area contributed by atoms with Gasteiger partial charge >= 0.3 is 12.1 Å². The van der Waals surface area contributed by atoms with Gasteiger partial charge in [0.1, 0.15) is 12.6 Å². The summed E-state index contributed by atoms with van der Waals surface area (Å²) in [6.07, 6.45) is 5.86. The molecule has 7 heteroatoms. The maximum Gasteiger partial charge on any atom is 0.407 e. The standard InChI is InChI=1S/C23H33ClN2O4/c1-4-11-18(3)20(5-2)17-30-23(28)26-21(14-9-10-15-25-24)22(27)29-16-19-12-7-6-8-13-19/h4,6-8,11-13,20-21,25H,3,5,9-10,14-17H2,1-2H3,(H,26,28). The van der Waals surface area contributed by atoms with E-state index in [1.807, 2.05) is 56.3 Å². The number of nitrogens with one attached hydrogen (secondary N) is 2. The first-order valence-electron chi connectivity index (χ1n) is 10.3. The molecule has 2 N–H and O–H groups in total. The summed E-state index contributed by atoms with van der Waals surface area (Å²) < 4.78 is 10.7. The van der Waals surface area contributed by atoms with Crippen molar-refractivity contribution in [3.05, 3.63) is 60.2 Å². The number of rotatable bonds is 14. The van der Waals surface area contributed by atoms with Gasteiger partial charge < -0.3 is 14.8 Å². The van der Waals surface area contributed by atoms with Crippen LogP contribution in [0, 0.1) is 5.92 Å². The highest BCUT2D eigenvalue weighted by Gasteiger charge is 2.23. The first-order valence-corrected chi connectivity index (χ1v) is 10.7. The molecule has 6 nitrogen and oxygen atoms in total. The molecule has 0 fully saturated rings. The van der Waals surface area contributed by atoms with Gasteiger partial charge in [-0.25, -0.2) is 14.4 Å². The fraction of sp³-hybridized carbons (Fsp3) is 0.478. The van der Waals surface area contributed by atoms with Gasteiger partial charge in [0.25, 0.3) is 0 Å². The molecule has 0 bridgehead atoms. The van der Waals surface area contributed by atoms with E-state index < -0.39 is 18.1 Å². The first kappa shape index (κ1) is 25.7. The Bertz CT molecular complexity index is 679. The molecule has 1 rings (SSSR count). The molecule has 0 aliphatic rings. The third kappa shape index (κ3) is 10.5. The first-order chi connectivity index (χ1) is 14.5. The van der Waals surface area contributed by atoms with Crippen molar-refractivity contribution < 1.29 is 19.1 Å². The zero-order valence-electron chi connectivity index (χ0n) is 17.9. The largest absolute Gasteiger partial charge is 0.459 e. The minimum atomic E-state index is -0.782. The Balaban J connectivity index is 2.61. The Morgan fingerprint density at radius 3 is 2.57 bits per heavy atom. The van der Waals surface area contributed by atoms with Crippen LogP contribution in [0.1, 0.15) is 45.1 Å². The molecule has 0 saturated heterocycles. The van der Waals surface area contributed by atoms with E-state index in [0.29, 0.717) is 19.4 Å². The fourth-order valence-corrected chi connectivity index (χ4v) is 2.95. The van der Waals surface area contributed by atoms with Crippen LogP contribution in [0.25, 0.3) is 0 Å². The van der Waals surface area contributed by atoms with Crippen LogP contribution in [-0.2, 0) is 20.9 Å². The van der Waals surface area contributed by atoms with Crippen molar-refractivity contribution >= 4 is 23.8 Å². The molecular weight excluding hydrogens is 404 g/mol. The molecule has 2 unspecified atom stereocenters. The number of carbonyl (C=O) groups excluding carboxylic acids is 2. The number of allylic oxidation sites excluding steroid dienone is 2. The highest BCUT2D eigenvalue weighted by atomic mass is 35.5. The molecule has 0 aliphatic heterocycles. The molecule has 0 saturated carbocycles. The predicted octanol–water partition coefficient (Wildman–Crippen LogP) is 4.90. The number of hydrogen-bond donors (Lipinski definition) is 2. The van der Waals surface area contributed by atoms with E-state index in [2.05, 4.69) is 16.7 Å².